The minimum Gasteiger partial charge on any atom is -0.859 e. The molecule has 0 atom stereocenters. The van der Waals surface area contributed by atoms with Crippen LogP contribution in [0.4, 0.5) is 0 Å². The Morgan fingerprint density at radius 2 is 1.95 bits per heavy atom. The van der Waals surface area contributed by atoms with Gasteiger partial charge in [0, 0.05) is 6.54 Å². The van der Waals surface area contributed by atoms with E-state index in [1.165, 1.54) is 25.3 Å². The molecule has 0 saturated heterocycles. The summed E-state index contributed by atoms with van der Waals surface area (Å²) in [5.41, 5.74) is 0. The molecule has 0 spiro atoms. The molecule has 0 bridgehead atoms. The van der Waals surface area contributed by atoms with Crippen LogP contribution in [-0.4, -0.2) is 31.2 Å². The first kappa shape index (κ1) is 21.4. The van der Waals surface area contributed by atoms with Gasteiger partial charge in [0.05, 0.1) is 5.75 Å². The fraction of sp³-hybridized carbons (Fsp3) is 0.750. The van der Waals surface area contributed by atoms with Gasteiger partial charge in [0.15, 0.2) is 0 Å². The third-order valence-corrected chi connectivity index (χ3v) is 3.12. The van der Waals surface area contributed by atoms with E-state index >= 15 is 0 Å². The number of allylic oxidation sites excluding steroid dienone is 1. The second-order valence-corrected chi connectivity index (χ2v) is 5.68. The Bertz CT molecular complexity index is 366. The van der Waals surface area contributed by atoms with Crippen LogP contribution in [0.5, 0.6) is 0 Å². The van der Waals surface area contributed by atoms with Crippen molar-refractivity contribution in [2.45, 2.75) is 45.4 Å². The van der Waals surface area contributed by atoms with Gasteiger partial charge in [-0.1, -0.05) is 38.3 Å². The summed E-state index contributed by atoms with van der Waals surface area (Å²) in [6.45, 7) is 2.27. The van der Waals surface area contributed by atoms with E-state index < -0.39 is 10.1 Å². The number of nitrogens with zero attached hydrogens (tertiary/aromatic N) is 1. The molecule has 1 N–H and O–H groups in total. The molecular formula is C12H22NNaO4S. The second-order valence-electron chi connectivity index (χ2n) is 4.11. The number of hydrogen-bond acceptors (Lipinski definition) is 4. The summed E-state index contributed by atoms with van der Waals surface area (Å²) >= 11 is 0. The van der Waals surface area contributed by atoms with Crippen LogP contribution in [0.2, 0.25) is 0 Å². The molecule has 0 amide bonds. The van der Waals surface area contributed by atoms with E-state index in [1.807, 2.05) is 0 Å². The summed E-state index contributed by atoms with van der Waals surface area (Å²) < 4.78 is 29.2. The van der Waals surface area contributed by atoms with E-state index in [1.54, 1.807) is 6.08 Å². The predicted octanol–water partition coefficient (Wildman–Crippen LogP) is -1.45. The Morgan fingerprint density at radius 3 is 2.53 bits per heavy atom. The standard InChI is InChI=1S/C12H23NO4S.Na/c1-2-3-4-5-6-7-9-12(14)13-10-8-11-18(15,16)17;/h7,9H,2-6,8,10-11H2,1H3,(H,13,14)(H,15,16,17);/q;+1/p-1/b9-7+;. The number of hydrogen-bond donors (Lipinski definition) is 1. The molecule has 0 unspecified atom stereocenters. The molecule has 0 radical (unpaired) electrons. The molecule has 0 saturated carbocycles. The van der Waals surface area contributed by atoms with Gasteiger partial charge in [0.1, 0.15) is 0 Å². The Hall–Kier alpha value is 0.120. The average molecular weight is 299 g/mol. The zero-order valence-corrected chi connectivity index (χ0v) is 14.7. The summed E-state index contributed by atoms with van der Waals surface area (Å²) in [6, 6.07) is 0. The monoisotopic (exact) mass is 299 g/mol. The maximum atomic E-state index is 11.2. The molecule has 19 heavy (non-hydrogen) atoms. The number of rotatable bonds is 10. The molecule has 0 rings (SSSR count). The van der Waals surface area contributed by atoms with Gasteiger partial charge < -0.3 is 10.1 Å². The van der Waals surface area contributed by atoms with Gasteiger partial charge in [-0.2, -0.15) is 8.42 Å². The van der Waals surface area contributed by atoms with E-state index in [4.69, 9.17) is 4.55 Å². The van der Waals surface area contributed by atoms with Crippen molar-refractivity contribution in [2.24, 2.45) is 4.99 Å². The molecule has 0 aromatic heterocycles. The van der Waals surface area contributed by atoms with Crippen LogP contribution in [0.1, 0.15) is 45.4 Å². The summed E-state index contributed by atoms with van der Waals surface area (Å²) in [4.78, 5) is 3.66. The molecular weight excluding hydrogens is 277 g/mol. The summed E-state index contributed by atoms with van der Waals surface area (Å²) in [5.74, 6) is -0.703. The van der Waals surface area contributed by atoms with Gasteiger partial charge in [0.25, 0.3) is 10.1 Å². The van der Waals surface area contributed by atoms with Crippen molar-refractivity contribution in [3.8, 4) is 0 Å². The Balaban J connectivity index is 0. The van der Waals surface area contributed by atoms with Crippen molar-refractivity contribution in [3.05, 3.63) is 12.2 Å². The van der Waals surface area contributed by atoms with Gasteiger partial charge in [-0.05, 0) is 25.2 Å². The Morgan fingerprint density at radius 1 is 1.26 bits per heavy atom. The largest absolute Gasteiger partial charge is 1.00 e. The third kappa shape index (κ3) is 18.1. The zero-order valence-electron chi connectivity index (χ0n) is 11.8. The zero-order chi connectivity index (χ0) is 13.9. The molecule has 0 aliphatic carbocycles. The van der Waals surface area contributed by atoms with E-state index in [0.717, 1.165) is 12.8 Å². The average Bonchev–Trinajstić information content (AvgIpc) is 2.28. The predicted molar refractivity (Wildman–Crippen MR) is 71.2 cm³/mol. The SMILES string of the molecule is CCCCCC/C=C/C([O-])=NCCCS(=O)(=O)O.[Na+]. The molecule has 0 heterocycles. The first-order valence-corrected chi connectivity index (χ1v) is 7.90. The maximum Gasteiger partial charge on any atom is 1.00 e. The molecule has 0 aliphatic heterocycles. The van der Waals surface area contributed by atoms with Gasteiger partial charge in [0.2, 0.25) is 0 Å². The molecule has 5 nitrogen and oxygen atoms in total. The fourth-order valence-corrected chi connectivity index (χ4v) is 1.86. The van der Waals surface area contributed by atoms with Gasteiger partial charge in [-0.25, -0.2) is 0 Å². The van der Waals surface area contributed by atoms with Crippen LogP contribution in [0.15, 0.2) is 17.1 Å². The Kier molecular flexibility index (Phi) is 14.8. The summed E-state index contributed by atoms with van der Waals surface area (Å²) in [7, 11) is -3.94. The van der Waals surface area contributed by atoms with Crippen LogP contribution in [-0.2, 0) is 10.1 Å². The van der Waals surface area contributed by atoms with Crippen LogP contribution >= 0.6 is 0 Å². The molecule has 7 heteroatoms. The minimum absolute atomic E-state index is 0. The topological polar surface area (TPSA) is 89.8 Å². The third-order valence-electron chi connectivity index (χ3n) is 2.31. The van der Waals surface area contributed by atoms with Gasteiger partial charge in [-0.3, -0.25) is 4.55 Å². The first-order valence-electron chi connectivity index (χ1n) is 6.29. The van der Waals surface area contributed by atoms with Crippen LogP contribution < -0.4 is 34.7 Å². The number of unbranched alkanes of at least 4 members (excludes halogenated alkanes) is 4. The van der Waals surface area contributed by atoms with Crippen LogP contribution in [0.3, 0.4) is 0 Å². The minimum atomic E-state index is -3.94. The van der Waals surface area contributed by atoms with Gasteiger partial charge in [-0.15, -0.1) is 0 Å². The van der Waals surface area contributed by atoms with Gasteiger partial charge >= 0.3 is 29.6 Å². The van der Waals surface area contributed by atoms with Crippen molar-refractivity contribution in [2.75, 3.05) is 12.3 Å². The van der Waals surface area contributed by atoms with Crippen molar-refractivity contribution in [1.29, 1.82) is 0 Å². The normalized spacial score (nSPS) is 12.6. The molecule has 0 aliphatic rings. The molecule has 106 valence electrons. The quantitative estimate of drug-likeness (QED) is 0.176. The van der Waals surface area contributed by atoms with Crippen LogP contribution in [0, 0.1) is 0 Å². The van der Waals surface area contributed by atoms with E-state index in [0.29, 0.717) is 0 Å². The number of aliphatic imine (C=N–C) groups is 1. The van der Waals surface area contributed by atoms with Crippen molar-refractivity contribution < 1.29 is 47.6 Å². The van der Waals surface area contributed by atoms with Crippen molar-refractivity contribution >= 4 is 16.0 Å². The van der Waals surface area contributed by atoms with E-state index in [2.05, 4.69) is 11.9 Å². The second kappa shape index (κ2) is 13.1. The smallest absolute Gasteiger partial charge is 0.859 e. The fourth-order valence-electron chi connectivity index (χ4n) is 1.36. The van der Waals surface area contributed by atoms with Crippen molar-refractivity contribution in [3.63, 3.8) is 0 Å². The molecule has 0 aromatic rings. The first-order chi connectivity index (χ1) is 8.45. The van der Waals surface area contributed by atoms with Crippen molar-refractivity contribution in [1.82, 2.24) is 0 Å². The summed E-state index contributed by atoms with van der Waals surface area (Å²) in [6.07, 6.45) is 8.87. The maximum absolute atomic E-state index is 11.2. The Labute approximate surface area is 138 Å². The molecule has 0 fully saturated rings. The van der Waals surface area contributed by atoms with Crippen LogP contribution in [0.25, 0.3) is 0 Å². The van der Waals surface area contributed by atoms with E-state index in [-0.39, 0.29) is 54.2 Å². The summed E-state index contributed by atoms with van der Waals surface area (Å²) in [5, 5.41) is 11.2. The molecule has 0 aromatic carbocycles. The van der Waals surface area contributed by atoms with E-state index in [9.17, 15) is 13.5 Å².